The molecule has 0 aromatic heterocycles. The fourth-order valence-electron chi connectivity index (χ4n) is 4.06. The van der Waals surface area contributed by atoms with Gasteiger partial charge in [-0.3, -0.25) is 0 Å². The molecular weight excluding hydrogens is 284 g/mol. The third kappa shape index (κ3) is 1.70. The van der Waals surface area contributed by atoms with Crippen LogP contribution in [-0.2, 0) is 14.7 Å². The molecule has 21 heavy (non-hydrogen) atoms. The molecule has 2 heterocycles. The van der Waals surface area contributed by atoms with Gasteiger partial charge >= 0.3 is 0 Å². The monoisotopic (exact) mass is 308 g/mol. The van der Waals surface area contributed by atoms with Crippen molar-refractivity contribution in [2.45, 2.75) is 45.2 Å². The fraction of sp³-hybridized carbons (Fsp3) is 0.647. The Bertz CT molecular complexity index is 563. The molecule has 0 bridgehead atoms. The topological polar surface area (TPSA) is 27.7 Å². The molecule has 3 rings (SSSR count). The molecule has 0 spiro atoms. The zero-order valence-electron chi connectivity index (χ0n) is 13.6. The van der Waals surface area contributed by atoms with Gasteiger partial charge in [-0.2, -0.15) is 0 Å². The molecule has 2 aliphatic heterocycles. The van der Waals surface area contributed by atoms with E-state index in [2.05, 4.69) is 46.8 Å². The summed E-state index contributed by atoms with van der Waals surface area (Å²) in [5, 5.41) is 0. The van der Waals surface area contributed by atoms with Gasteiger partial charge in [0.15, 0.2) is 5.60 Å². The van der Waals surface area contributed by atoms with Crippen LogP contribution >= 0.6 is 11.8 Å². The second-order valence-corrected chi connectivity index (χ2v) is 8.77. The largest absolute Gasteiger partial charge is 0.497 e. The van der Waals surface area contributed by atoms with E-state index in [0.717, 1.165) is 17.1 Å². The van der Waals surface area contributed by atoms with E-state index in [1.54, 1.807) is 7.11 Å². The number of hydrogen-bond acceptors (Lipinski definition) is 4. The summed E-state index contributed by atoms with van der Waals surface area (Å²) >= 11 is 1.84. The summed E-state index contributed by atoms with van der Waals surface area (Å²) in [7, 11) is 1.69. The summed E-state index contributed by atoms with van der Waals surface area (Å²) in [6.45, 7) is 11.2. The first kappa shape index (κ1) is 15.2. The van der Waals surface area contributed by atoms with Crippen molar-refractivity contribution < 1.29 is 14.5 Å². The van der Waals surface area contributed by atoms with Crippen LogP contribution in [0.15, 0.2) is 24.3 Å². The zero-order chi connectivity index (χ0) is 15.5. The smallest absolute Gasteiger partial charge is 0.207 e. The molecule has 1 aromatic carbocycles. The lowest BCUT2D eigenvalue weighted by atomic mass is 9.58. The van der Waals surface area contributed by atoms with Crippen molar-refractivity contribution in [1.29, 1.82) is 0 Å². The van der Waals surface area contributed by atoms with Gasteiger partial charge in [0.2, 0.25) is 4.93 Å². The van der Waals surface area contributed by atoms with Crippen LogP contribution in [0.4, 0.5) is 0 Å². The van der Waals surface area contributed by atoms with Gasteiger partial charge in [-0.1, -0.05) is 46.8 Å². The Hall–Kier alpha value is -0.710. The number of methoxy groups -OCH3 is 1. The molecule has 0 amide bonds. The minimum absolute atomic E-state index is 0.0250. The Morgan fingerprint density at radius 3 is 2.43 bits per heavy atom. The van der Waals surface area contributed by atoms with Gasteiger partial charge in [-0.05, 0) is 17.5 Å². The highest BCUT2D eigenvalue weighted by Gasteiger charge is 2.80. The summed E-state index contributed by atoms with van der Waals surface area (Å²) in [4.78, 5) is 11.2. The van der Waals surface area contributed by atoms with Gasteiger partial charge in [-0.25, -0.2) is 9.78 Å². The van der Waals surface area contributed by atoms with Crippen LogP contribution in [0.5, 0.6) is 5.75 Å². The molecule has 2 aliphatic rings. The molecule has 0 N–H and O–H groups in total. The average Bonchev–Trinajstić information content (AvgIpc) is 2.52. The molecule has 0 radical (unpaired) electrons. The van der Waals surface area contributed by atoms with Crippen molar-refractivity contribution in [2.75, 3.05) is 12.9 Å². The summed E-state index contributed by atoms with van der Waals surface area (Å²) in [6.07, 6.45) is 0. The molecule has 0 saturated carbocycles. The third-order valence-electron chi connectivity index (χ3n) is 4.84. The number of fused-ring (bicyclic) bond motifs is 1. The van der Waals surface area contributed by atoms with Crippen LogP contribution in [0.1, 0.15) is 40.2 Å². The van der Waals surface area contributed by atoms with Crippen LogP contribution in [-0.4, -0.2) is 18.5 Å². The maximum absolute atomic E-state index is 5.89. The second kappa shape index (κ2) is 4.40. The lowest BCUT2D eigenvalue weighted by Gasteiger charge is -2.62. The first-order valence-corrected chi connectivity index (χ1v) is 8.34. The molecular formula is C17H24O3S. The average molecular weight is 308 g/mol. The Balaban J connectivity index is 2.16. The summed E-state index contributed by atoms with van der Waals surface area (Å²) < 4.78 is 5.38. The fourth-order valence-corrected chi connectivity index (χ4v) is 6.03. The minimum atomic E-state index is -0.455. The molecule has 4 heteroatoms. The highest BCUT2D eigenvalue weighted by atomic mass is 32.2. The molecule has 2 unspecified atom stereocenters. The van der Waals surface area contributed by atoms with E-state index >= 15 is 0 Å². The summed E-state index contributed by atoms with van der Waals surface area (Å²) in [5.74, 6) is 1.85. The van der Waals surface area contributed by atoms with E-state index in [-0.39, 0.29) is 16.4 Å². The Morgan fingerprint density at radius 2 is 1.90 bits per heavy atom. The van der Waals surface area contributed by atoms with E-state index < -0.39 is 4.93 Å². The van der Waals surface area contributed by atoms with E-state index in [4.69, 9.17) is 14.5 Å². The number of hydrogen-bond donors (Lipinski definition) is 0. The lowest BCUT2D eigenvalue weighted by molar-refractivity contribution is -0.566. The van der Waals surface area contributed by atoms with Gasteiger partial charge in [0.1, 0.15) is 5.75 Å². The number of benzene rings is 1. The first-order valence-electron chi connectivity index (χ1n) is 7.36. The van der Waals surface area contributed by atoms with Gasteiger partial charge in [0.05, 0.1) is 7.11 Å². The van der Waals surface area contributed by atoms with E-state index in [0.29, 0.717) is 0 Å². The van der Waals surface area contributed by atoms with Crippen molar-refractivity contribution in [1.82, 2.24) is 0 Å². The van der Waals surface area contributed by atoms with Crippen molar-refractivity contribution in [3.8, 4) is 5.75 Å². The maximum atomic E-state index is 5.89. The Labute approximate surface area is 131 Å². The molecule has 2 saturated heterocycles. The number of rotatable bonds is 2. The molecule has 2 fully saturated rings. The zero-order valence-corrected chi connectivity index (χ0v) is 14.5. The van der Waals surface area contributed by atoms with Crippen LogP contribution in [0.25, 0.3) is 0 Å². The standard InChI is InChI=1S/C17H24O3S/c1-14(2,3)17-15(4,5)11-21-16(17,19-20-17)12-8-7-9-13(10-12)18-6/h7-10H,11H2,1-6H3. The van der Waals surface area contributed by atoms with Crippen molar-refractivity contribution in [2.24, 2.45) is 10.8 Å². The number of thioether (sulfide) groups is 1. The quantitative estimate of drug-likeness (QED) is 0.758. The SMILES string of the molecule is COc1cccc(C23OOC2(C(C)(C)C)C(C)(C)CS3)c1. The van der Waals surface area contributed by atoms with Crippen molar-refractivity contribution in [3.63, 3.8) is 0 Å². The van der Waals surface area contributed by atoms with Crippen molar-refractivity contribution in [3.05, 3.63) is 29.8 Å². The Morgan fingerprint density at radius 1 is 1.19 bits per heavy atom. The minimum Gasteiger partial charge on any atom is -0.497 e. The number of ether oxygens (including phenoxy) is 1. The lowest BCUT2D eigenvalue weighted by Crippen LogP contribution is -2.71. The van der Waals surface area contributed by atoms with Gasteiger partial charge in [0.25, 0.3) is 0 Å². The van der Waals surface area contributed by atoms with Crippen LogP contribution in [0.2, 0.25) is 0 Å². The first-order chi connectivity index (χ1) is 9.70. The maximum Gasteiger partial charge on any atom is 0.207 e. The van der Waals surface area contributed by atoms with Crippen LogP contribution in [0, 0.1) is 10.8 Å². The van der Waals surface area contributed by atoms with Gasteiger partial charge in [-0.15, -0.1) is 11.8 Å². The highest BCUT2D eigenvalue weighted by Crippen LogP contribution is 2.74. The van der Waals surface area contributed by atoms with E-state index in [1.807, 2.05) is 23.9 Å². The van der Waals surface area contributed by atoms with Crippen LogP contribution < -0.4 is 4.74 Å². The van der Waals surface area contributed by atoms with E-state index in [9.17, 15) is 0 Å². The summed E-state index contributed by atoms with van der Waals surface area (Å²) in [6, 6.07) is 8.16. The molecule has 2 atom stereocenters. The molecule has 3 nitrogen and oxygen atoms in total. The predicted octanol–water partition coefficient (Wildman–Crippen LogP) is 4.37. The van der Waals surface area contributed by atoms with Gasteiger partial charge in [0, 0.05) is 16.7 Å². The highest BCUT2D eigenvalue weighted by molar-refractivity contribution is 8.00. The van der Waals surface area contributed by atoms with Crippen molar-refractivity contribution >= 4 is 11.8 Å². The summed E-state index contributed by atoms with van der Waals surface area (Å²) in [5.41, 5.74) is 0.751. The van der Waals surface area contributed by atoms with Gasteiger partial charge < -0.3 is 4.74 Å². The molecule has 116 valence electrons. The third-order valence-corrected chi connectivity index (χ3v) is 6.71. The predicted molar refractivity (Wildman–Crippen MR) is 85.3 cm³/mol. The van der Waals surface area contributed by atoms with Crippen LogP contribution in [0.3, 0.4) is 0 Å². The van der Waals surface area contributed by atoms with E-state index in [1.165, 1.54) is 0 Å². The second-order valence-electron chi connectivity index (χ2n) is 7.62. The Kier molecular flexibility index (Phi) is 3.18. The molecule has 1 aromatic rings. The normalized spacial score (nSPS) is 34.2. The molecule has 0 aliphatic carbocycles.